The van der Waals surface area contributed by atoms with Gasteiger partial charge in [-0.1, -0.05) is 43.2 Å². The average Bonchev–Trinajstić information content (AvgIpc) is 2.69. The molecule has 178 valence electrons. The van der Waals surface area contributed by atoms with Gasteiger partial charge in [-0.2, -0.15) is 0 Å². The Morgan fingerprint density at radius 1 is 0.533 bits per heavy atom. The van der Waals surface area contributed by atoms with Gasteiger partial charge in [0.2, 0.25) is 0 Å². The Balaban J connectivity index is -0.000000448. The molecule has 0 aromatic rings. The van der Waals surface area contributed by atoms with Gasteiger partial charge in [-0.25, -0.2) is 0 Å². The molecule has 0 aromatic heterocycles. The Bertz CT molecular complexity index is 433. The third-order valence-electron chi connectivity index (χ3n) is 2.43. The van der Waals surface area contributed by atoms with Crippen molar-refractivity contribution in [1.82, 2.24) is 0 Å². The Morgan fingerprint density at radius 2 is 0.667 bits per heavy atom. The lowest BCUT2D eigenvalue weighted by atomic mass is 10.4. The molecule has 0 bridgehead atoms. The van der Waals surface area contributed by atoms with Crippen molar-refractivity contribution in [3.63, 3.8) is 0 Å². The van der Waals surface area contributed by atoms with Crippen molar-refractivity contribution in [2.45, 2.75) is 24.2 Å². The van der Waals surface area contributed by atoms with Gasteiger partial charge >= 0.3 is 23.9 Å². The number of nitrogens with two attached hydrogens (primary N) is 4. The molecule has 12 nitrogen and oxygen atoms in total. The summed E-state index contributed by atoms with van der Waals surface area (Å²) in [6.45, 7) is 0. The second-order valence-corrected chi connectivity index (χ2v) is 10.0. The topological polar surface area (TPSA) is 253 Å². The zero-order valence-corrected chi connectivity index (χ0v) is 20.5. The Kier molecular flexibility index (Phi) is 25.3. The summed E-state index contributed by atoms with van der Waals surface area (Å²) in [4.78, 5) is 41.1. The fourth-order valence-corrected chi connectivity index (χ4v) is 5.23. The molecule has 18 heteroatoms. The van der Waals surface area contributed by atoms with Crippen LogP contribution in [0.3, 0.4) is 0 Å². The first kappa shape index (κ1) is 34.4. The summed E-state index contributed by atoms with van der Waals surface area (Å²) < 4.78 is 0. The van der Waals surface area contributed by atoms with Crippen molar-refractivity contribution < 1.29 is 39.6 Å². The van der Waals surface area contributed by atoms with Gasteiger partial charge in [-0.3, -0.25) is 19.2 Å². The normalized spacial score (nSPS) is 13.9. The minimum absolute atomic E-state index is 0.229. The first-order valence-corrected chi connectivity index (χ1v) is 14.1. The van der Waals surface area contributed by atoms with E-state index in [0.717, 1.165) is 0 Å². The number of hydrogen-bond acceptors (Lipinski definition) is 14. The van der Waals surface area contributed by atoms with E-state index in [1.165, 1.54) is 43.2 Å². The number of carboxylic acids is 4. The van der Waals surface area contributed by atoms with Crippen LogP contribution in [0.15, 0.2) is 0 Å². The molecule has 0 aliphatic carbocycles. The molecule has 0 aliphatic heterocycles. The van der Waals surface area contributed by atoms with Gasteiger partial charge in [0.05, 0.1) is 0 Å². The van der Waals surface area contributed by atoms with Gasteiger partial charge in [-0.15, -0.1) is 23.3 Å². The summed E-state index contributed by atoms with van der Waals surface area (Å²) in [5.41, 5.74) is 20.8. The van der Waals surface area contributed by atoms with Gasteiger partial charge in [0.1, 0.15) is 24.2 Å². The molecule has 0 fully saturated rings. The monoisotopic (exact) mass is 546 g/mol. The molecule has 0 heterocycles. The zero-order chi connectivity index (χ0) is 24.3. The van der Waals surface area contributed by atoms with E-state index in [9.17, 15) is 19.2 Å². The highest BCUT2D eigenvalue weighted by Gasteiger charge is 2.15. The van der Waals surface area contributed by atoms with E-state index in [-0.39, 0.29) is 23.0 Å². The van der Waals surface area contributed by atoms with Crippen LogP contribution in [-0.2, 0) is 19.2 Å². The van der Waals surface area contributed by atoms with Crippen molar-refractivity contribution in [2.75, 3.05) is 23.0 Å². The number of hydrogen-bond donors (Lipinski definition) is 10. The van der Waals surface area contributed by atoms with Crippen molar-refractivity contribution in [2.24, 2.45) is 22.9 Å². The average molecular weight is 547 g/mol. The predicted octanol–water partition coefficient (Wildman–Crippen LogP) is -0.856. The summed E-state index contributed by atoms with van der Waals surface area (Å²) in [6.07, 6.45) is 0. The molecule has 0 saturated heterocycles. The van der Waals surface area contributed by atoms with Gasteiger partial charge in [0.25, 0.3) is 0 Å². The number of thiol groups is 2. The molecule has 0 aromatic carbocycles. The summed E-state index contributed by atoms with van der Waals surface area (Å²) in [5, 5.41) is 33.6. The second-order valence-electron chi connectivity index (χ2n) is 4.92. The fourth-order valence-electron chi connectivity index (χ4n) is 0.771. The molecular formula is C12H26N4O8S6. The number of rotatable bonds is 14. The van der Waals surface area contributed by atoms with Crippen LogP contribution in [0.1, 0.15) is 0 Å². The number of carboxylic acid groups (broad SMARTS) is 4. The lowest BCUT2D eigenvalue weighted by Crippen LogP contribution is -2.33. The van der Waals surface area contributed by atoms with Crippen LogP contribution >= 0.6 is 66.5 Å². The summed E-state index contributed by atoms with van der Waals surface area (Å²) in [6, 6.07) is -3.69. The minimum atomic E-state index is -1.07. The molecule has 0 aliphatic rings. The number of carbonyl (C=O) groups is 4. The maximum atomic E-state index is 10.3. The SMILES string of the molecule is N[C@@H](CSSC[C@H](N)C(=O)O)C(=O)O.N[C@@H](CSSC[C@H](N)C(=O)O)C(=O)O.SS. The smallest absolute Gasteiger partial charge is 0.321 e. The van der Waals surface area contributed by atoms with Gasteiger partial charge in [0.15, 0.2) is 0 Å². The number of aliphatic carboxylic acids is 4. The molecule has 4 atom stereocenters. The van der Waals surface area contributed by atoms with Crippen LogP contribution in [0, 0.1) is 0 Å². The van der Waals surface area contributed by atoms with Crippen LogP contribution in [0.4, 0.5) is 0 Å². The molecule has 0 radical (unpaired) electrons. The summed E-state index contributed by atoms with van der Waals surface area (Å²) in [7, 11) is 4.81. The van der Waals surface area contributed by atoms with Crippen molar-refractivity contribution in [1.29, 1.82) is 0 Å². The lowest BCUT2D eigenvalue weighted by molar-refractivity contribution is -0.138. The van der Waals surface area contributed by atoms with E-state index in [2.05, 4.69) is 23.3 Å². The predicted molar refractivity (Wildman–Crippen MR) is 130 cm³/mol. The minimum Gasteiger partial charge on any atom is -0.480 e. The van der Waals surface area contributed by atoms with Crippen molar-refractivity contribution in [3.05, 3.63) is 0 Å². The standard InChI is InChI=1S/2C6H12N2O4S2.H2S2/c2*7-3(5(9)10)1-13-14-2-4(8)6(11)12;1-2/h2*3-4H,1-2,7-8H2,(H,9,10)(H,11,12);1-2H/t2*3-,4-;/m00./s1. The van der Waals surface area contributed by atoms with Crippen LogP contribution < -0.4 is 22.9 Å². The molecular weight excluding hydrogens is 521 g/mol. The van der Waals surface area contributed by atoms with Gasteiger partial charge < -0.3 is 43.4 Å². The third kappa shape index (κ3) is 22.5. The van der Waals surface area contributed by atoms with E-state index in [1.54, 1.807) is 0 Å². The van der Waals surface area contributed by atoms with Crippen molar-refractivity contribution >= 4 is 90.4 Å². The first-order valence-electron chi connectivity index (χ1n) is 7.52. The maximum Gasteiger partial charge on any atom is 0.321 e. The quantitative estimate of drug-likeness (QED) is 0.0722. The fraction of sp³-hybridized carbons (Fsp3) is 0.667. The van der Waals surface area contributed by atoms with E-state index in [1.807, 2.05) is 0 Å². The summed E-state index contributed by atoms with van der Waals surface area (Å²) in [5.74, 6) is -3.36. The van der Waals surface area contributed by atoms with E-state index in [0.29, 0.717) is 0 Å². The van der Waals surface area contributed by atoms with Gasteiger partial charge in [-0.05, 0) is 0 Å². The highest BCUT2D eigenvalue weighted by Crippen LogP contribution is 2.22. The third-order valence-corrected chi connectivity index (χ3v) is 7.37. The van der Waals surface area contributed by atoms with E-state index >= 15 is 0 Å². The van der Waals surface area contributed by atoms with Crippen LogP contribution in [0.2, 0.25) is 0 Å². The first-order chi connectivity index (χ1) is 13.9. The van der Waals surface area contributed by atoms with E-state index in [4.69, 9.17) is 43.4 Å². The molecule has 0 amide bonds. The molecule has 0 unspecified atom stereocenters. The van der Waals surface area contributed by atoms with Crippen molar-refractivity contribution in [3.8, 4) is 0 Å². The molecule has 0 saturated carbocycles. The Labute approximate surface area is 199 Å². The summed E-state index contributed by atoms with van der Waals surface area (Å²) >= 11 is 6.44. The Morgan fingerprint density at radius 3 is 0.767 bits per heavy atom. The van der Waals surface area contributed by atoms with Crippen LogP contribution in [0.25, 0.3) is 0 Å². The van der Waals surface area contributed by atoms with Crippen LogP contribution in [-0.4, -0.2) is 91.5 Å². The molecule has 0 rings (SSSR count). The highest BCUT2D eigenvalue weighted by atomic mass is 33.1. The zero-order valence-electron chi connectivity index (χ0n) is 15.4. The lowest BCUT2D eigenvalue weighted by Gasteiger charge is -2.07. The van der Waals surface area contributed by atoms with E-state index < -0.39 is 48.0 Å². The molecule has 0 spiro atoms. The maximum absolute atomic E-state index is 10.3. The highest BCUT2D eigenvalue weighted by molar-refractivity contribution is 8.77. The van der Waals surface area contributed by atoms with Crippen LogP contribution in [0.5, 0.6) is 0 Å². The molecule has 12 N–H and O–H groups in total. The largest absolute Gasteiger partial charge is 0.480 e. The van der Waals surface area contributed by atoms with Gasteiger partial charge in [0, 0.05) is 23.0 Å². The Hall–Kier alpha value is -0.180. The second kappa shape index (κ2) is 22.0. The molecule has 30 heavy (non-hydrogen) atoms.